The van der Waals surface area contributed by atoms with E-state index >= 15 is 0 Å². The van der Waals surface area contributed by atoms with Gasteiger partial charge in [0, 0.05) is 38.4 Å². The first-order valence-corrected chi connectivity index (χ1v) is 21.7. The van der Waals surface area contributed by atoms with E-state index in [1.807, 2.05) is 12.1 Å². The maximum absolute atomic E-state index is 6.91. The predicted molar refractivity (Wildman–Crippen MR) is 265 cm³/mol. The summed E-state index contributed by atoms with van der Waals surface area (Å²) in [5, 5.41) is 16.1. The first-order chi connectivity index (χ1) is 31.7. The van der Waals surface area contributed by atoms with E-state index in [4.69, 9.17) is 19.4 Å². The highest BCUT2D eigenvalue weighted by molar-refractivity contribution is 6.23. The molecule has 5 nitrogen and oxygen atoms in total. The highest BCUT2D eigenvalue weighted by atomic mass is 16.3. The van der Waals surface area contributed by atoms with E-state index in [0.29, 0.717) is 17.5 Å². The van der Waals surface area contributed by atoms with Crippen LogP contribution in [0.3, 0.4) is 0 Å². The van der Waals surface area contributed by atoms with Crippen molar-refractivity contribution in [3.63, 3.8) is 0 Å². The standard InChI is InChI=1S/C59H34N4O/c1-3-13-37-27-44(23-21-35(37)11-1)57-60-58(45-24-22-36-12-2-4-14-38(36)28-45)62-59(61-57)51-31-43-25-26-46(34-48(43)55-47-19-9-10-20-54(47)64-56(51)55)63-52-32-41-17-7-5-15-39(41)29-49(52)50-30-40-16-6-8-18-42(40)33-53(50)63/h1-34H. The van der Waals surface area contributed by atoms with Gasteiger partial charge in [0.15, 0.2) is 17.5 Å². The van der Waals surface area contributed by atoms with Crippen LogP contribution in [0.2, 0.25) is 0 Å². The normalized spacial score (nSPS) is 12.1. The quantitative estimate of drug-likeness (QED) is 0.178. The zero-order valence-electron chi connectivity index (χ0n) is 34.3. The van der Waals surface area contributed by atoms with Crippen LogP contribution in [0.4, 0.5) is 0 Å². The molecule has 0 saturated heterocycles. The van der Waals surface area contributed by atoms with Gasteiger partial charge in [-0.05, 0) is 115 Å². The van der Waals surface area contributed by atoms with Crippen LogP contribution in [0, 0.1) is 0 Å². The molecule has 0 radical (unpaired) electrons. The minimum Gasteiger partial charge on any atom is -0.455 e. The minimum absolute atomic E-state index is 0.553. The molecule has 0 unspecified atom stereocenters. The fourth-order valence-electron chi connectivity index (χ4n) is 9.99. The summed E-state index contributed by atoms with van der Waals surface area (Å²) in [6.07, 6.45) is 0. The van der Waals surface area contributed by atoms with Crippen LogP contribution < -0.4 is 0 Å². The molecular formula is C59H34N4O. The average molecular weight is 815 g/mol. The van der Waals surface area contributed by atoms with E-state index in [2.05, 4.69) is 199 Å². The summed E-state index contributed by atoms with van der Waals surface area (Å²) in [5.41, 5.74) is 7.62. The number of hydrogen-bond acceptors (Lipinski definition) is 4. The van der Waals surface area contributed by atoms with E-state index < -0.39 is 0 Å². The first-order valence-electron chi connectivity index (χ1n) is 21.7. The highest BCUT2D eigenvalue weighted by Crippen LogP contribution is 2.43. The Morgan fingerprint density at radius 3 is 1.38 bits per heavy atom. The van der Waals surface area contributed by atoms with Gasteiger partial charge in [0.1, 0.15) is 11.2 Å². The Morgan fingerprint density at radius 2 is 0.797 bits per heavy atom. The predicted octanol–water partition coefficient (Wildman–Crippen LogP) is 15.6. The Kier molecular flexibility index (Phi) is 7.33. The largest absolute Gasteiger partial charge is 0.455 e. The zero-order valence-corrected chi connectivity index (χ0v) is 34.3. The summed E-state index contributed by atoms with van der Waals surface area (Å²) in [6.45, 7) is 0. The van der Waals surface area contributed by atoms with Gasteiger partial charge >= 0.3 is 0 Å². The lowest BCUT2D eigenvalue weighted by Gasteiger charge is -2.13. The second-order valence-corrected chi connectivity index (χ2v) is 16.8. The van der Waals surface area contributed by atoms with Gasteiger partial charge in [-0.2, -0.15) is 0 Å². The van der Waals surface area contributed by atoms with Crippen LogP contribution in [0.15, 0.2) is 211 Å². The summed E-state index contributed by atoms with van der Waals surface area (Å²) in [7, 11) is 0. The molecule has 14 aromatic rings. The molecule has 3 aromatic heterocycles. The van der Waals surface area contributed by atoms with Crippen LogP contribution in [0.1, 0.15) is 0 Å². The van der Waals surface area contributed by atoms with Gasteiger partial charge in [0.05, 0.1) is 16.6 Å². The topological polar surface area (TPSA) is 56.7 Å². The molecule has 0 atom stereocenters. The number of benzene rings is 11. The molecule has 14 rings (SSSR count). The van der Waals surface area contributed by atoms with Crippen LogP contribution >= 0.6 is 0 Å². The third-order valence-corrected chi connectivity index (χ3v) is 13.1. The molecule has 0 N–H and O–H groups in total. The molecule has 0 saturated carbocycles. The lowest BCUT2D eigenvalue weighted by Crippen LogP contribution is -2.01. The number of nitrogens with zero attached hydrogens (tertiary/aromatic N) is 4. The van der Waals surface area contributed by atoms with Crippen LogP contribution in [0.5, 0.6) is 0 Å². The Balaban J connectivity index is 1.04. The van der Waals surface area contributed by atoms with Crippen molar-refractivity contribution >= 4 is 97.6 Å². The summed E-state index contributed by atoms with van der Waals surface area (Å²) < 4.78 is 9.35. The number of fused-ring (bicyclic) bond motifs is 12. The lowest BCUT2D eigenvalue weighted by atomic mass is 9.99. The van der Waals surface area contributed by atoms with Gasteiger partial charge in [0.2, 0.25) is 0 Å². The fraction of sp³-hybridized carbons (Fsp3) is 0. The molecule has 0 spiro atoms. The van der Waals surface area contributed by atoms with Crippen LogP contribution in [0.25, 0.3) is 137 Å². The molecule has 0 aliphatic carbocycles. The molecule has 64 heavy (non-hydrogen) atoms. The highest BCUT2D eigenvalue weighted by Gasteiger charge is 2.22. The van der Waals surface area contributed by atoms with Crippen molar-refractivity contribution in [1.29, 1.82) is 0 Å². The molecule has 0 fully saturated rings. The van der Waals surface area contributed by atoms with Crippen molar-refractivity contribution < 1.29 is 4.42 Å². The number of aromatic nitrogens is 4. The smallest absolute Gasteiger partial charge is 0.167 e. The Labute approximate surface area is 366 Å². The van der Waals surface area contributed by atoms with Gasteiger partial charge in [-0.15, -0.1) is 0 Å². The zero-order chi connectivity index (χ0) is 41.9. The maximum atomic E-state index is 6.91. The second kappa shape index (κ2) is 13.4. The molecule has 5 heteroatoms. The Hall–Kier alpha value is -8.67. The molecule has 3 heterocycles. The number of furan rings is 1. The Morgan fingerprint density at radius 1 is 0.328 bits per heavy atom. The van der Waals surface area contributed by atoms with E-state index in [9.17, 15) is 0 Å². The molecule has 0 bridgehead atoms. The van der Waals surface area contributed by atoms with Crippen molar-refractivity contribution in [2.45, 2.75) is 0 Å². The number of rotatable bonds is 4. The fourth-order valence-corrected chi connectivity index (χ4v) is 9.99. The maximum Gasteiger partial charge on any atom is 0.167 e. The summed E-state index contributed by atoms with van der Waals surface area (Å²) >= 11 is 0. The number of hydrogen-bond donors (Lipinski definition) is 0. The van der Waals surface area contributed by atoms with Gasteiger partial charge in [-0.3, -0.25) is 0 Å². The van der Waals surface area contributed by atoms with E-state index in [1.54, 1.807) is 0 Å². The molecule has 11 aromatic carbocycles. The molecule has 0 amide bonds. The van der Waals surface area contributed by atoms with Crippen molar-refractivity contribution in [2.24, 2.45) is 0 Å². The Bertz CT molecular complexity index is 4080. The average Bonchev–Trinajstić information content (AvgIpc) is 3.89. The monoisotopic (exact) mass is 814 g/mol. The van der Waals surface area contributed by atoms with E-state index in [-0.39, 0.29) is 0 Å². The van der Waals surface area contributed by atoms with Crippen molar-refractivity contribution in [3.8, 4) is 39.9 Å². The van der Waals surface area contributed by atoms with Crippen molar-refractivity contribution in [1.82, 2.24) is 19.5 Å². The van der Waals surface area contributed by atoms with Crippen LogP contribution in [-0.4, -0.2) is 19.5 Å². The summed E-state index contributed by atoms with van der Waals surface area (Å²) in [4.78, 5) is 15.7. The van der Waals surface area contributed by atoms with Gasteiger partial charge in [-0.25, -0.2) is 15.0 Å². The second-order valence-electron chi connectivity index (χ2n) is 16.8. The minimum atomic E-state index is 0.553. The van der Waals surface area contributed by atoms with E-state index in [1.165, 1.54) is 43.4 Å². The lowest BCUT2D eigenvalue weighted by molar-refractivity contribution is 0.670. The molecule has 296 valence electrons. The third kappa shape index (κ3) is 5.34. The summed E-state index contributed by atoms with van der Waals surface area (Å²) in [6, 6.07) is 73.6. The van der Waals surface area contributed by atoms with Crippen molar-refractivity contribution in [3.05, 3.63) is 206 Å². The SMILES string of the molecule is c1ccc2cc(-c3nc(-c4ccc5ccccc5c4)nc(-c4cc5ccc(-n6c7cc8ccccc8cc7c7cc8ccccc8cc76)cc5c5c4oc4ccccc45)n3)ccc2c1. The number of para-hydroxylation sites is 1. The van der Waals surface area contributed by atoms with Crippen LogP contribution in [-0.2, 0) is 0 Å². The third-order valence-electron chi connectivity index (χ3n) is 13.1. The molecule has 0 aliphatic rings. The van der Waals surface area contributed by atoms with Crippen molar-refractivity contribution in [2.75, 3.05) is 0 Å². The summed E-state index contributed by atoms with van der Waals surface area (Å²) in [5.74, 6) is 1.76. The molecular weight excluding hydrogens is 781 g/mol. The van der Waals surface area contributed by atoms with Gasteiger partial charge in [0.25, 0.3) is 0 Å². The van der Waals surface area contributed by atoms with E-state index in [0.717, 1.165) is 76.6 Å². The first kappa shape index (κ1) is 35.0. The van der Waals surface area contributed by atoms with Gasteiger partial charge < -0.3 is 8.98 Å². The van der Waals surface area contributed by atoms with Gasteiger partial charge in [-0.1, -0.05) is 146 Å². The molecule has 0 aliphatic heterocycles.